The van der Waals surface area contributed by atoms with Gasteiger partial charge in [-0.2, -0.15) is 13.2 Å². The standard InChI is InChI=1S/C12H13ClF3NO/c1-7(2)17-11(18)10(13)8-4-3-5-9(6-8)12(14,15)16/h3-7,10H,1-2H3,(H,17,18). The molecule has 0 aliphatic heterocycles. The Morgan fingerprint density at radius 3 is 2.44 bits per heavy atom. The molecule has 0 fully saturated rings. The van der Waals surface area contributed by atoms with Gasteiger partial charge in [-0.05, 0) is 31.5 Å². The summed E-state index contributed by atoms with van der Waals surface area (Å²) >= 11 is 5.84. The Morgan fingerprint density at radius 1 is 1.33 bits per heavy atom. The van der Waals surface area contributed by atoms with Gasteiger partial charge in [-0.25, -0.2) is 0 Å². The number of rotatable bonds is 3. The molecule has 0 spiro atoms. The SMILES string of the molecule is CC(C)NC(=O)C(Cl)c1cccc(C(F)(F)F)c1. The third-order valence-corrected chi connectivity index (χ3v) is 2.62. The van der Waals surface area contributed by atoms with Gasteiger partial charge >= 0.3 is 6.18 Å². The Labute approximate surface area is 108 Å². The minimum Gasteiger partial charge on any atom is -0.352 e. The van der Waals surface area contributed by atoms with Crippen LogP contribution in [-0.2, 0) is 11.0 Å². The van der Waals surface area contributed by atoms with Gasteiger partial charge in [0, 0.05) is 6.04 Å². The van der Waals surface area contributed by atoms with Crippen molar-refractivity contribution in [3.05, 3.63) is 35.4 Å². The third kappa shape index (κ3) is 3.91. The van der Waals surface area contributed by atoms with Gasteiger partial charge in [0.1, 0.15) is 5.38 Å². The number of hydrogen-bond acceptors (Lipinski definition) is 1. The number of alkyl halides is 4. The molecule has 1 amide bonds. The molecule has 1 aromatic carbocycles. The van der Waals surface area contributed by atoms with E-state index in [2.05, 4.69) is 5.32 Å². The molecule has 6 heteroatoms. The summed E-state index contributed by atoms with van der Waals surface area (Å²) in [5, 5.41) is 1.42. The van der Waals surface area contributed by atoms with Crippen LogP contribution in [0.2, 0.25) is 0 Å². The smallest absolute Gasteiger partial charge is 0.352 e. The van der Waals surface area contributed by atoms with Crippen LogP contribution in [0.4, 0.5) is 13.2 Å². The number of halogens is 4. The number of benzene rings is 1. The molecule has 1 rings (SSSR count). The normalized spacial score (nSPS) is 13.5. The van der Waals surface area contributed by atoms with Gasteiger partial charge in [-0.3, -0.25) is 4.79 Å². The molecule has 100 valence electrons. The van der Waals surface area contributed by atoms with Crippen LogP contribution >= 0.6 is 11.6 Å². The van der Waals surface area contributed by atoms with E-state index in [-0.39, 0.29) is 11.6 Å². The molecular weight excluding hydrogens is 267 g/mol. The van der Waals surface area contributed by atoms with E-state index in [9.17, 15) is 18.0 Å². The zero-order chi connectivity index (χ0) is 13.9. The Bertz CT molecular complexity index is 432. The summed E-state index contributed by atoms with van der Waals surface area (Å²) in [6.07, 6.45) is -4.44. The van der Waals surface area contributed by atoms with E-state index in [1.54, 1.807) is 13.8 Å². The van der Waals surface area contributed by atoms with Crippen LogP contribution in [0.25, 0.3) is 0 Å². The lowest BCUT2D eigenvalue weighted by molar-refractivity contribution is -0.137. The minimum absolute atomic E-state index is 0.121. The van der Waals surface area contributed by atoms with Crippen molar-refractivity contribution in [1.82, 2.24) is 5.32 Å². The van der Waals surface area contributed by atoms with E-state index < -0.39 is 23.0 Å². The van der Waals surface area contributed by atoms with Gasteiger partial charge in [-0.15, -0.1) is 11.6 Å². The zero-order valence-electron chi connectivity index (χ0n) is 9.88. The van der Waals surface area contributed by atoms with Crippen molar-refractivity contribution < 1.29 is 18.0 Å². The molecule has 0 bridgehead atoms. The van der Waals surface area contributed by atoms with E-state index in [1.807, 2.05) is 0 Å². The molecule has 18 heavy (non-hydrogen) atoms. The van der Waals surface area contributed by atoms with Crippen LogP contribution in [0, 0.1) is 0 Å². The third-order valence-electron chi connectivity index (χ3n) is 2.17. The fourth-order valence-electron chi connectivity index (χ4n) is 1.38. The van der Waals surface area contributed by atoms with Crippen molar-refractivity contribution in [2.75, 3.05) is 0 Å². The highest BCUT2D eigenvalue weighted by atomic mass is 35.5. The number of hydrogen-bond donors (Lipinski definition) is 1. The lowest BCUT2D eigenvalue weighted by atomic mass is 10.1. The number of carbonyl (C=O) groups excluding carboxylic acids is 1. The second-order valence-corrected chi connectivity index (χ2v) is 4.59. The molecule has 0 saturated heterocycles. The number of nitrogens with one attached hydrogen (secondary N) is 1. The molecule has 1 unspecified atom stereocenters. The second-order valence-electron chi connectivity index (χ2n) is 4.15. The van der Waals surface area contributed by atoms with Crippen LogP contribution in [-0.4, -0.2) is 11.9 Å². The van der Waals surface area contributed by atoms with Crippen molar-refractivity contribution in [2.24, 2.45) is 0 Å². The van der Waals surface area contributed by atoms with E-state index >= 15 is 0 Å². The summed E-state index contributed by atoms with van der Waals surface area (Å²) in [4.78, 5) is 11.6. The largest absolute Gasteiger partial charge is 0.416 e. The Hall–Kier alpha value is -1.23. The summed E-state index contributed by atoms with van der Waals surface area (Å²) in [6.45, 7) is 3.49. The molecule has 1 N–H and O–H groups in total. The maximum Gasteiger partial charge on any atom is 0.416 e. The van der Waals surface area contributed by atoms with Crippen LogP contribution < -0.4 is 5.32 Å². The van der Waals surface area contributed by atoms with Crippen LogP contribution in [0.5, 0.6) is 0 Å². The van der Waals surface area contributed by atoms with Gasteiger partial charge in [0.25, 0.3) is 0 Å². The molecule has 0 aliphatic rings. The van der Waals surface area contributed by atoms with E-state index in [0.717, 1.165) is 12.1 Å². The fourth-order valence-corrected chi connectivity index (χ4v) is 1.58. The molecular formula is C12H13ClF3NO. The quantitative estimate of drug-likeness (QED) is 0.843. The van der Waals surface area contributed by atoms with Crippen LogP contribution in [0.1, 0.15) is 30.4 Å². The molecule has 0 aromatic heterocycles. The van der Waals surface area contributed by atoms with Crippen LogP contribution in [0.15, 0.2) is 24.3 Å². The summed E-state index contributed by atoms with van der Waals surface area (Å²) in [6, 6.07) is 4.33. The van der Waals surface area contributed by atoms with E-state index in [1.165, 1.54) is 12.1 Å². The Kier molecular flexibility index (Phi) is 4.62. The number of carbonyl (C=O) groups is 1. The fraction of sp³-hybridized carbons (Fsp3) is 0.417. The molecule has 0 radical (unpaired) electrons. The van der Waals surface area contributed by atoms with Crippen molar-refractivity contribution >= 4 is 17.5 Å². The summed E-state index contributed by atoms with van der Waals surface area (Å²) in [5.74, 6) is -0.508. The Balaban J connectivity index is 2.93. The predicted octanol–water partition coefficient (Wildman–Crippen LogP) is 3.51. The van der Waals surface area contributed by atoms with Gasteiger partial charge in [0.2, 0.25) is 5.91 Å². The maximum absolute atomic E-state index is 12.5. The van der Waals surface area contributed by atoms with Crippen molar-refractivity contribution in [3.63, 3.8) is 0 Å². The topological polar surface area (TPSA) is 29.1 Å². The number of amides is 1. The van der Waals surface area contributed by atoms with Crippen LogP contribution in [0.3, 0.4) is 0 Å². The minimum atomic E-state index is -4.44. The summed E-state index contributed by atoms with van der Waals surface area (Å²) in [5.41, 5.74) is -0.687. The lowest BCUT2D eigenvalue weighted by Crippen LogP contribution is -2.32. The predicted molar refractivity (Wildman–Crippen MR) is 63.3 cm³/mol. The molecule has 0 aliphatic carbocycles. The van der Waals surface area contributed by atoms with Gasteiger partial charge in [0.05, 0.1) is 5.56 Å². The monoisotopic (exact) mass is 279 g/mol. The average Bonchev–Trinajstić information content (AvgIpc) is 2.26. The van der Waals surface area contributed by atoms with Gasteiger partial charge in [-0.1, -0.05) is 12.1 Å². The molecule has 0 saturated carbocycles. The highest BCUT2D eigenvalue weighted by Crippen LogP contribution is 2.32. The highest BCUT2D eigenvalue weighted by molar-refractivity contribution is 6.30. The zero-order valence-corrected chi connectivity index (χ0v) is 10.6. The first-order chi connectivity index (χ1) is 8.21. The van der Waals surface area contributed by atoms with E-state index in [4.69, 9.17) is 11.6 Å². The lowest BCUT2D eigenvalue weighted by Gasteiger charge is -2.14. The Morgan fingerprint density at radius 2 is 1.94 bits per heavy atom. The molecule has 2 nitrogen and oxygen atoms in total. The summed E-state index contributed by atoms with van der Waals surface area (Å²) < 4.78 is 37.5. The molecule has 1 atom stereocenters. The molecule has 1 aromatic rings. The first-order valence-electron chi connectivity index (χ1n) is 5.33. The first-order valence-corrected chi connectivity index (χ1v) is 5.77. The van der Waals surface area contributed by atoms with Gasteiger partial charge < -0.3 is 5.32 Å². The first kappa shape index (κ1) is 14.8. The summed E-state index contributed by atoms with van der Waals surface area (Å²) in [7, 11) is 0. The van der Waals surface area contributed by atoms with Crippen molar-refractivity contribution in [2.45, 2.75) is 31.4 Å². The van der Waals surface area contributed by atoms with Gasteiger partial charge in [0.15, 0.2) is 0 Å². The average molecular weight is 280 g/mol. The highest BCUT2D eigenvalue weighted by Gasteiger charge is 2.31. The van der Waals surface area contributed by atoms with E-state index in [0.29, 0.717) is 0 Å². The molecule has 0 heterocycles. The maximum atomic E-state index is 12.5. The van der Waals surface area contributed by atoms with Crippen molar-refractivity contribution in [1.29, 1.82) is 0 Å². The van der Waals surface area contributed by atoms with Crippen molar-refractivity contribution in [3.8, 4) is 0 Å². The second kappa shape index (κ2) is 5.61.